The Morgan fingerprint density at radius 1 is 0.833 bits per heavy atom. The molecular weight excluding hydrogens is 412 g/mol. The average Bonchev–Trinajstić information content (AvgIpc) is 2.67. The number of piperidine rings is 1. The first kappa shape index (κ1) is 22.7. The molecule has 3 rings (SSSR count). The predicted molar refractivity (Wildman–Crippen MR) is 100 cm³/mol. The van der Waals surface area contributed by atoms with Crippen molar-refractivity contribution in [2.75, 3.05) is 18.4 Å². The molecule has 1 aliphatic carbocycles. The number of carbonyl (C=O) groups is 1. The molecule has 2 amide bonds. The highest BCUT2D eigenvalue weighted by Gasteiger charge is 2.37. The minimum absolute atomic E-state index is 0.0383. The number of alkyl halides is 6. The zero-order chi connectivity index (χ0) is 21.9. The Bertz CT molecular complexity index is 711. The Morgan fingerprint density at radius 2 is 1.40 bits per heavy atom. The first-order chi connectivity index (χ1) is 14.0. The summed E-state index contributed by atoms with van der Waals surface area (Å²) in [5.74, 6) is 0. The summed E-state index contributed by atoms with van der Waals surface area (Å²) in [6.07, 6.45) is -3.01. The van der Waals surface area contributed by atoms with E-state index in [1.165, 1.54) is 6.42 Å². The number of amides is 2. The number of benzene rings is 1. The van der Waals surface area contributed by atoms with Crippen LogP contribution in [0.4, 0.5) is 36.8 Å². The van der Waals surface area contributed by atoms with Crippen LogP contribution in [0.5, 0.6) is 0 Å². The van der Waals surface area contributed by atoms with E-state index in [0.717, 1.165) is 51.6 Å². The van der Waals surface area contributed by atoms with Gasteiger partial charge in [0.15, 0.2) is 0 Å². The van der Waals surface area contributed by atoms with E-state index in [-0.39, 0.29) is 18.2 Å². The standard InChI is InChI=1S/C20H25F6N3O/c21-19(22,23)13-10-14(20(24,25)26)12-15(11-13)27-18(30)28-16-6-2-3-7-17(16)29-8-4-1-5-9-29/h10-12,16-17H,1-9H2,(H2,27,28,30)/t16-,17-/m1/s1. The van der Waals surface area contributed by atoms with Gasteiger partial charge in [0.1, 0.15) is 0 Å². The van der Waals surface area contributed by atoms with E-state index in [4.69, 9.17) is 0 Å². The predicted octanol–water partition coefficient (Wildman–Crippen LogP) is 5.64. The zero-order valence-corrected chi connectivity index (χ0v) is 16.4. The summed E-state index contributed by atoms with van der Waals surface area (Å²) < 4.78 is 78.0. The van der Waals surface area contributed by atoms with Crippen LogP contribution < -0.4 is 10.6 Å². The van der Waals surface area contributed by atoms with Gasteiger partial charge in [0, 0.05) is 17.8 Å². The molecule has 0 radical (unpaired) electrons. The number of urea groups is 1. The van der Waals surface area contributed by atoms with Gasteiger partial charge in [-0.2, -0.15) is 26.3 Å². The number of nitrogens with zero attached hydrogens (tertiary/aromatic N) is 1. The molecule has 2 aliphatic rings. The maximum absolute atomic E-state index is 13.0. The van der Waals surface area contributed by atoms with Crippen molar-refractivity contribution in [2.45, 2.75) is 69.4 Å². The second-order valence-corrected chi connectivity index (χ2v) is 7.95. The lowest BCUT2D eigenvalue weighted by atomic mass is 9.88. The van der Waals surface area contributed by atoms with Crippen LogP contribution in [0.3, 0.4) is 0 Å². The van der Waals surface area contributed by atoms with E-state index < -0.39 is 35.2 Å². The molecule has 1 heterocycles. The number of likely N-dealkylation sites (tertiary alicyclic amines) is 1. The van der Waals surface area contributed by atoms with Crippen LogP contribution in [-0.4, -0.2) is 36.1 Å². The Morgan fingerprint density at radius 3 is 1.97 bits per heavy atom. The number of nitrogens with one attached hydrogen (secondary N) is 2. The highest BCUT2D eigenvalue weighted by molar-refractivity contribution is 5.89. The summed E-state index contributed by atoms with van der Waals surface area (Å²) in [5.41, 5.74) is -3.46. The second kappa shape index (κ2) is 9.03. The maximum atomic E-state index is 13.0. The lowest BCUT2D eigenvalue weighted by molar-refractivity contribution is -0.143. The lowest BCUT2D eigenvalue weighted by Gasteiger charge is -2.42. The van der Waals surface area contributed by atoms with Gasteiger partial charge in [0.05, 0.1) is 11.1 Å². The average molecular weight is 437 g/mol. The van der Waals surface area contributed by atoms with Crippen molar-refractivity contribution in [3.05, 3.63) is 29.3 Å². The molecule has 168 valence electrons. The van der Waals surface area contributed by atoms with E-state index in [2.05, 4.69) is 15.5 Å². The van der Waals surface area contributed by atoms with Crippen LogP contribution in [0.15, 0.2) is 18.2 Å². The van der Waals surface area contributed by atoms with Crippen molar-refractivity contribution in [3.63, 3.8) is 0 Å². The van der Waals surface area contributed by atoms with Crippen molar-refractivity contribution < 1.29 is 31.1 Å². The fourth-order valence-electron chi connectivity index (χ4n) is 4.33. The topological polar surface area (TPSA) is 44.4 Å². The number of halogens is 6. The second-order valence-electron chi connectivity index (χ2n) is 7.95. The van der Waals surface area contributed by atoms with Crippen molar-refractivity contribution in [1.29, 1.82) is 0 Å². The van der Waals surface area contributed by atoms with Gasteiger partial charge in [-0.05, 0) is 57.0 Å². The maximum Gasteiger partial charge on any atom is 0.416 e. The number of hydrogen-bond acceptors (Lipinski definition) is 2. The summed E-state index contributed by atoms with van der Waals surface area (Å²) in [6.45, 7) is 1.88. The van der Waals surface area contributed by atoms with E-state index in [0.29, 0.717) is 12.1 Å². The summed E-state index contributed by atoms with van der Waals surface area (Å²) in [6, 6.07) is 0.213. The Balaban J connectivity index is 1.73. The first-order valence-electron chi connectivity index (χ1n) is 10.1. The lowest BCUT2D eigenvalue weighted by Crippen LogP contribution is -2.55. The van der Waals surface area contributed by atoms with Gasteiger partial charge in [-0.25, -0.2) is 4.79 Å². The molecule has 1 aliphatic heterocycles. The molecule has 1 saturated carbocycles. The minimum atomic E-state index is -4.96. The molecular formula is C20H25F6N3O. The molecule has 1 aromatic carbocycles. The van der Waals surface area contributed by atoms with Crippen LogP contribution in [0.1, 0.15) is 56.1 Å². The van der Waals surface area contributed by atoms with Gasteiger partial charge >= 0.3 is 18.4 Å². The zero-order valence-electron chi connectivity index (χ0n) is 16.4. The summed E-state index contributed by atoms with van der Waals surface area (Å²) in [4.78, 5) is 14.8. The van der Waals surface area contributed by atoms with Gasteiger partial charge in [0.2, 0.25) is 0 Å². The number of rotatable bonds is 3. The van der Waals surface area contributed by atoms with E-state index >= 15 is 0 Å². The van der Waals surface area contributed by atoms with Gasteiger partial charge < -0.3 is 10.6 Å². The largest absolute Gasteiger partial charge is 0.416 e. The van der Waals surface area contributed by atoms with Crippen LogP contribution in [0.25, 0.3) is 0 Å². The Labute approximate surface area is 171 Å². The first-order valence-corrected chi connectivity index (χ1v) is 10.1. The van der Waals surface area contributed by atoms with Crippen molar-refractivity contribution in [2.24, 2.45) is 0 Å². The summed E-state index contributed by atoms with van der Waals surface area (Å²) >= 11 is 0. The minimum Gasteiger partial charge on any atom is -0.334 e. The van der Waals surface area contributed by atoms with E-state index in [1.807, 2.05) is 0 Å². The van der Waals surface area contributed by atoms with Crippen molar-refractivity contribution in [3.8, 4) is 0 Å². The third kappa shape index (κ3) is 5.80. The fraction of sp³-hybridized carbons (Fsp3) is 0.650. The number of carbonyl (C=O) groups excluding carboxylic acids is 1. The normalized spacial score (nSPS) is 23.8. The molecule has 2 fully saturated rings. The third-order valence-corrected chi connectivity index (χ3v) is 5.75. The van der Waals surface area contributed by atoms with Crippen LogP contribution >= 0.6 is 0 Å². The van der Waals surface area contributed by atoms with Crippen molar-refractivity contribution in [1.82, 2.24) is 10.2 Å². The molecule has 0 spiro atoms. The van der Waals surface area contributed by atoms with Gasteiger partial charge in [0.25, 0.3) is 0 Å². The molecule has 0 aromatic heterocycles. The molecule has 4 nitrogen and oxygen atoms in total. The number of hydrogen-bond donors (Lipinski definition) is 2. The fourth-order valence-corrected chi connectivity index (χ4v) is 4.33. The molecule has 1 saturated heterocycles. The van der Waals surface area contributed by atoms with Gasteiger partial charge in [-0.1, -0.05) is 19.3 Å². The summed E-state index contributed by atoms with van der Waals surface area (Å²) in [5, 5.41) is 4.95. The van der Waals surface area contributed by atoms with E-state index in [1.54, 1.807) is 0 Å². The molecule has 2 atom stereocenters. The van der Waals surface area contributed by atoms with Crippen LogP contribution in [-0.2, 0) is 12.4 Å². The summed E-state index contributed by atoms with van der Waals surface area (Å²) in [7, 11) is 0. The molecule has 2 N–H and O–H groups in total. The quantitative estimate of drug-likeness (QED) is 0.601. The molecule has 0 unspecified atom stereocenters. The number of anilines is 1. The highest BCUT2D eigenvalue weighted by Crippen LogP contribution is 2.37. The SMILES string of the molecule is O=C(Nc1cc(C(F)(F)F)cc(C(F)(F)F)c1)N[C@@H]1CCCC[C@H]1N1CCCCC1. The van der Waals surface area contributed by atoms with Crippen LogP contribution in [0, 0.1) is 0 Å². The molecule has 10 heteroatoms. The molecule has 1 aromatic rings. The molecule has 0 bridgehead atoms. The Kier molecular flexibility index (Phi) is 6.84. The monoisotopic (exact) mass is 437 g/mol. The van der Waals surface area contributed by atoms with Gasteiger partial charge in [-0.3, -0.25) is 4.90 Å². The Hall–Kier alpha value is -1.97. The van der Waals surface area contributed by atoms with E-state index in [9.17, 15) is 31.1 Å². The molecule has 30 heavy (non-hydrogen) atoms. The van der Waals surface area contributed by atoms with Crippen molar-refractivity contribution >= 4 is 11.7 Å². The third-order valence-electron chi connectivity index (χ3n) is 5.75. The van der Waals surface area contributed by atoms with Crippen LogP contribution in [0.2, 0.25) is 0 Å². The smallest absolute Gasteiger partial charge is 0.334 e. The highest BCUT2D eigenvalue weighted by atomic mass is 19.4. The van der Waals surface area contributed by atoms with Gasteiger partial charge in [-0.15, -0.1) is 0 Å².